The molecular formula is C10H11NO2. The normalized spacial score (nSPS) is 26.7. The topological polar surface area (TPSA) is 38.3 Å². The molecule has 0 saturated carbocycles. The van der Waals surface area contributed by atoms with E-state index in [1.807, 2.05) is 37.3 Å². The molecule has 2 atom stereocenters. The van der Waals surface area contributed by atoms with Crippen LogP contribution in [0.2, 0.25) is 0 Å². The van der Waals surface area contributed by atoms with E-state index in [-0.39, 0.29) is 18.2 Å². The summed E-state index contributed by atoms with van der Waals surface area (Å²) < 4.78 is 4.98. The summed E-state index contributed by atoms with van der Waals surface area (Å²) in [6.07, 6.45) is -0.420. The lowest BCUT2D eigenvalue weighted by molar-refractivity contribution is 0.141. The fourth-order valence-corrected chi connectivity index (χ4v) is 1.53. The van der Waals surface area contributed by atoms with E-state index in [1.165, 1.54) is 0 Å². The summed E-state index contributed by atoms with van der Waals surface area (Å²) in [6.45, 7) is 1.88. The van der Waals surface area contributed by atoms with Gasteiger partial charge < -0.3 is 10.1 Å². The van der Waals surface area contributed by atoms with E-state index >= 15 is 0 Å². The zero-order valence-electron chi connectivity index (χ0n) is 7.36. The first-order valence-corrected chi connectivity index (χ1v) is 4.29. The van der Waals surface area contributed by atoms with Crippen molar-refractivity contribution in [2.45, 2.75) is 19.1 Å². The molecule has 3 nitrogen and oxygen atoms in total. The third kappa shape index (κ3) is 1.49. The van der Waals surface area contributed by atoms with Gasteiger partial charge in [-0.1, -0.05) is 30.3 Å². The Labute approximate surface area is 76.7 Å². The number of alkyl carbamates (subject to hydrolysis) is 1. The Hall–Kier alpha value is -1.51. The molecule has 0 radical (unpaired) electrons. The van der Waals surface area contributed by atoms with Crippen LogP contribution in [-0.2, 0) is 4.74 Å². The van der Waals surface area contributed by atoms with Crippen LogP contribution in [0.1, 0.15) is 18.5 Å². The van der Waals surface area contributed by atoms with Crippen molar-refractivity contribution >= 4 is 6.09 Å². The summed E-state index contributed by atoms with van der Waals surface area (Å²) in [5.74, 6) is 0. The molecule has 1 fully saturated rings. The first-order chi connectivity index (χ1) is 6.27. The van der Waals surface area contributed by atoms with Crippen LogP contribution in [0.25, 0.3) is 0 Å². The van der Waals surface area contributed by atoms with Crippen molar-refractivity contribution < 1.29 is 9.53 Å². The Morgan fingerprint density at radius 3 is 2.54 bits per heavy atom. The van der Waals surface area contributed by atoms with Gasteiger partial charge in [-0.3, -0.25) is 0 Å². The maximum absolute atomic E-state index is 10.9. The second-order valence-electron chi connectivity index (χ2n) is 3.14. The fraction of sp³-hybridized carbons (Fsp3) is 0.300. The summed E-state index contributed by atoms with van der Waals surface area (Å²) in [4.78, 5) is 10.9. The standard InChI is InChI=1S/C10H11NO2/c1-7-9(11-10(12)13-7)8-5-3-2-4-6-8/h2-7,9H,1H3,(H,11,12)/t7-,9+/m0/s1. The molecule has 0 spiro atoms. The summed E-state index contributed by atoms with van der Waals surface area (Å²) in [6, 6.07) is 9.81. The summed E-state index contributed by atoms with van der Waals surface area (Å²) in [5.41, 5.74) is 1.08. The average Bonchev–Trinajstić information content (AvgIpc) is 2.47. The van der Waals surface area contributed by atoms with Gasteiger partial charge in [0.1, 0.15) is 6.10 Å². The van der Waals surface area contributed by atoms with E-state index in [4.69, 9.17) is 4.74 Å². The van der Waals surface area contributed by atoms with Gasteiger partial charge >= 0.3 is 6.09 Å². The summed E-state index contributed by atoms with van der Waals surface area (Å²) in [5, 5.41) is 2.76. The molecule has 1 aromatic carbocycles. The number of benzene rings is 1. The molecule has 0 aliphatic carbocycles. The molecule has 1 saturated heterocycles. The van der Waals surface area contributed by atoms with Crippen molar-refractivity contribution in [2.24, 2.45) is 0 Å². The fourth-order valence-electron chi connectivity index (χ4n) is 1.53. The zero-order valence-corrected chi connectivity index (χ0v) is 7.36. The highest BCUT2D eigenvalue weighted by molar-refractivity contribution is 5.70. The zero-order chi connectivity index (χ0) is 9.26. The first-order valence-electron chi connectivity index (χ1n) is 4.29. The second kappa shape index (κ2) is 3.09. The van der Waals surface area contributed by atoms with Crippen LogP contribution in [0.3, 0.4) is 0 Å². The molecule has 1 amide bonds. The predicted molar refractivity (Wildman–Crippen MR) is 48.3 cm³/mol. The highest BCUT2D eigenvalue weighted by Gasteiger charge is 2.31. The maximum Gasteiger partial charge on any atom is 0.408 e. The van der Waals surface area contributed by atoms with Crippen molar-refractivity contribution in [3.63, 3.8) is 0 Å². The van der Waals surface area contributed by atoms with Crippen LogP contribution in [0.4, 0.5) is 4.79 Å². The molecular weight excluding hydrogens is 166 g/mol. The number of hydrogen-bond donors (Lipinski definition) is 1. The van der Waals surface area contributed by atoms with Crippen LogP contribution in [0.15, 0.2) is 30.3 Å². The maximum atomic E-state index is 10.9. The van der Waals surface area contributed by atoms with Crippen molar-refractivity contribution in [3.8, 4) is 0 Å². The SMILES string of the molecule is C[C@@H]1OC(=O)N[C@H]1c1ccccc1. The Balaban J connectivity index is 2.23. The minimum Gasteiger partial charge on any atom is -0.444 e. The Kier molecular flexibility index (Phi) is 1.93. The number of carbonyl (C=O) groups is 1. The van der Waals surface area contributed by atoms with E-state index in [0.29, 0.717) is 0 Å². The molecule has 1 N–H and O–H groups in total. The van der Waals surface area contributed by atoms with Gasteiger partial charge in [0.15, 0.2) is 0 Å². The molecule has 0 unspecified atom stereocenters. The monoisotopic (exact) mass is 177 g/mol. The molecule has 2 rings (SSSR count). The van der Waals surface area contributed by atoms with Gasteiger partial charge in [-0.05, 0) is 12.5 Å². The second-order valence-corrected chi connectivity index (χ2v) is 3.14. The van der Waals surface area contributed by atoms with Gasteiger partial charge in [0, 0.05) is 0 Å². The highest BCUT2D eigenvalue weighted by atomic mass is 16.6. The number of carbonyl (C=O) groups excluding carboxylic acids is 1. The van der Waals surface area contributed by atoms with E-state index in [0.717, 1.165) is 5.56 Å². The lowest BCUT2D eigenvalue weighted by Crippen LogP contribution is -2.20. The summed E-state index contributed by atoms with van der Waals surface area (Å²) >= 11 is 0. The van der Waals surface area contributed by atoms with Crippen molar-refractivity contribution in [2.75, 3.05) is 0 Å². The largest absolute Gasteiger partial charge is 0.444 e. The number of cyclic esters (lactones) is 1. The van der Waals surface area contributed by atoms with Gasteiger partial charge in [0.25, 0.3) is 0 Å². The minimum atomic E-state index is -0.332. The molecule has 0 bridgehead atoms. The number of amides is 1. The minimum absolute atomic E-state index is 0.00583. The number of rotatable bonds is 1. The Bertz CT molecular complexity index is 310. The van der Waals surface area contributed by atoms with E-state index < -0.39 is 0 Å². The molecule has 1 aromatic rings. The third-order valence-corrected chi connectivity index (χ3v) is 2.19. The van der Waals surface area contributed by atoms with E-state index in [9.17, 15) is 4.79 Å². The molecule has 3 heteroatoms. The van der Waals surface area contributed by atoms with Crippen LogP contribution in [-0.4, -0.2) is 12.2 Å². The first kappa shape index (κ1) is 8.10. The highest BCUT2D eigenvalue weighted by Crippen LogP contribution is 2.23. The van der Waals surface area contributed by atoms with E-state index in [1.54, 1.807) is 0 Å². The van der Waals surface area contributed by atoms with Crippen LogP contribution >= 0.6 is 0 Å². The van der Waals surface area contributed by atoms with Gasteiger partial charge in [-0.2, -0.15) is 0 Å². The van der Waals surface area contributed by atoms with Crippen LogP contribution < -0.4 is 5.32 Å². The molecule has 68 valence electrons. The molecule has 0 aromatic heterocycles. The molecule has 1 aliphatic heterocycles. The van der Waals surface area contributed by atoms with Gasteiger partial charge in [-0.15, -0.1) is 0 Å². The quantitative estimate of drug-likeness (QED) is 0.711. The van der Waals surface area contributed by atoms with Gasteiger partial charge in [0.2, 0.25) is 0 Å². The number of ether oxygens (including phenoxy) is 1. The molecule has 13 heavy (non-hydrogen) atoms. The molecule has 1 aliphatic rings. The van der Waals surface area contributed by atoms with Gasteiger partial charge in [0.05, 0.1) is 6.04 Å². The lowest BCUT2D eigenvalue weighted by Gasteiger charge is -2.12. The van der Waals surface area contributed by atoms with Crippen molar-refractivity contribution in [3.05, 3.63) is 35.9 Å². The smallest absolute Gasteiger partial charge is 0.408 e. The van der Waals surface area contributed by atoms with Crippen molar-refractivity contribution in [1.29, 1.82) is 0 Å². The summed E-state index contributed by atoms with van der Waals surface area (Å²) in [7, 11) is 0. The Morgan fingerprint density at radius 1 is 1.31 bits per heavy atom. The van der Waals surface area contributed by atoms with Crippen LogP contribution in [0.5, 0.6) is 0 Å². The molecule has 1 heterocycles. The van der Waals surface area contributed by atoms with E-state index in [2.05, 4.69) is 5.32 Å². The average molecular weight is 177 g/mol. The van der Waals surface area contributed by atoms with Crippen LogP contribution in [0, 0.1) is 0 Å². The lowest BCUT2D eigenvalue weighted by atomic mass is 10.0. The van der Waals surface area contributed by atoms with Gasteiger partial charge in [-0.25, -0.2) is 4.79 Å². The number of hydrogen-bond acceptors (Lipinski definition) is 2. The predicted octanol–water partition coefficient (Wildman–Crippen LogP) is 1.86. The third-order valence-electron chi connectivity index (χ3n) is 2.19. The Morgan fingerprint density at radius 2 is 2.00 bits per heavy atom. The van der Waals surface area contributed by atoms with Crippen molar-refractivity contribution in [1.82, 2.24) is 5.32 Å². The number of nitrogens with one attached hydrogen (secondary N) is 1.